The molecule has 0 aliphatic carbocycles. The quantitative estimate of drug-likeness (QED) is 0.822. The van der Waals surface area contributed by atoms with E-state index in [4.69, 9.17) is 28.3 Å². The molecule has 1 amide bonds. The second-order valence-corrected chi connectivity index (χ2v) is 6.65. The fourth-order valence-corrected chi connectivity index (χ4v) is 2.67. The molecule has 0 saturated heterocycles. The van der Waals surface area contributed by atoms with Crippen molar-refractivity contribution in [3.63, 3.8) is 0 Å². The number of rotatable bonds is 3. The summed E-state index contributed by atoms with van der Waals surface area (Å²) in [5.74, 6) is -1.51. The van der Waals surface area contributed by atoms with Crippen molar-refractivity contribution in [2.45, 2.75) is 4.90 Å². The topological polar surface area (TPSA) is 89.3 Å². The van der Waals surface area contributed by atoms with Gasteiger partial charge in [0.2, 0.25) is 10.0 Å². The van der Waals surface area contributed by atoms with Crippen molar-refractivity contribution in [3.05, 3.63) is 57.8 Å². The maximum atomic E-state index is 13.4. The Labute approximate surface area is 135 Å². The Kier molecular flexibility index (Phi) is 4.72. The molecule has 0 unspecified atom stereocenters. The number of sulfonamides is 1. The molecule has 0 radical (unpaired) electrons. The first-order valence-corrected chi connectivity index (χ1v) is 8.07. The fraction of sp³-hybridized carbons (Fsp3) is 0. The number of carbonyl (C=O) groups is 1. The molecule has 0 bridgehead atoms. The van der Waals surface area contributed by atoms with Crippen LogP contribution in [0.3, 0.4) is 0 Å². The highest BCUT2D eigenvalue weighted by molar-refractivity contribution is 7.89. The molecule has 0 aliphatic heterocycles. The average molecular weight is 363 g/mol. The predicted molar refractivity (Wildman–Crippen MR) is 82.2 cm³/mol. The number of amides is 1. The van der Waals surface area contributed by atoms with Gasteiger partial charge in [0.15, 0.2) is 0 Å². The molecular weight excluding hydrogens is 354 g/mol. The molecular formula is C13H9Cl2FN2O3S. The summed E-state index contributed by atoms with van der Waals surface area (Å²) in [7, 11) is -3.90. The smallest absolute Gasteiger partial charge is 0.257 e. The van der Waals surface area contributed by atoms with Gasteiger partial charge in [-0.05, 0) is 30.3 Å². The van der Waals surface area contributed by atoms with Crippen LogP contribution in [0.15, 0.2) is 41.3 Å². The van der Waals surface area contributed by atoms with E-state index in [9.17, 15) is 17.6 Å². The highest BCUT2D eigenvalue weighted by atomic mass is 35.5. The first-order chi connectivity index (χ1) is 10.2. The zero-order valence-corrected chi connectivity index (χ0v) is 13.1. The van der Waals surface area contributed by atoms with Crippen LogP contribution in [0.5, 0.6) is 0 Å². The third-order valence-electron chi connectivity index (χ3n) is 2.68. The summed E-state index contributed by atoms with van der Waals surface area (Å²) in [6.45, 7) is 0. The maximum Gasteiger partial charge on any atom is 0.257 e. The molecule has 2 aromatic carbocycles. The highest BCUT2D eigenvalue weighted by Crippen LogP contribution is 2.25. The van der Waals surface area contributed by atoms with Crippen LogP contribution in [0.1, 0.15) is 10.4 Å². The van der Waals surface area contributed by atoms with E-state index in [0.717, 1.165) is 12.1 Å². The van der Waals surface area contributed by atoms with Crippen molar-refractivity contribution in [3.8, 4) is 0 Å². The van der Waals surface area contributed by atoms with Crippen LogP contribution in [0.2, 0.25) is 10.0 Å². The third kappa shape index (κ3) is 3.75. The SMILES string of the molecule is NS(=O)(=O)c1cccc(NC(=O)c2cc(F)c(Cl)cc2Cl)c1. The van der Waals surface area contributed by atoms with E-state index in [-0.39, 0.29) is 26.2 Å². The number of hydrogen-bond donors (Lipinski definition) is 2. The molecule has 0 fully saturated rings. The molecule has 0 atom stereocenters. The van der Waals surface area contributed by atoms with Gasteiger partial charge in [0.25, 0.3) is 5.91 Å². The number of nitrogens with two attached hydrogens (primary N) is 1. The standard InChI is InChI=1S/C13H9Cl2FN2O3S/c14-10-6-11(15)12(16)5-9(10)13(19)18-7-2-1-3-8(4-7)22(17,20)21/h1-6H,(H,18,19)(H2,17,20,21). The lowest BCUT2D eigenvalue weighted by Crippen LogP contribution is -2.15. The molecule has 0 aliphatic rings. The first kappa shape index (κ1) is 16.7. The van der Waals surface area contributed by atoms with E-state index in [1.54, 1.807) is 0 Å². The van der Waals surface area contributed by atoms with Crippen molar-refractivity contribution >= 4 is 44.8 Å². The van der Waals surface area contributed by atoms with Crippen LogP contribution in [0.4, 0.5) is 10.1 Å². The molecule has 0 spiro atoms. The lowest BCUT2D eigenvalue weighted by Gasteiger charge is -2.08. The summed E-state index contributed by atoms with van der Waals surface area (Å²) in [5, 5.41) is 7.16. The van der Waals surface area contributed by atoms with E-state index in [1.807, 2.05) is 0 Å². The van der Waals surface area contributed by atoms with Gasteiger partial charge in [-0.1, -0.05) is 29.3 Å². The van der Waals surface area contributed by atoms with Gasteiger partial charge in [-0.25, -0.2) is 17.9 Å². The van der Waals surface area contributed by atoms with Crippen molar-refractivity contribution in [1.82, 2.24) is 0 Å². The Morgan fingerprint density at radius 2 is 1.82 bits per heavy atom. The van der Waals surface area contributed by atoms with Gasteiger partial charge in [-0.3, -0.25) is 4.79 Å². The van der Waals surface area contributed by atoms with E-state index in [1.165, 1.54) is 24.3 Å². The average Bonchev–Trinajstić information content (AvgIpc) is 2.42. The normalized spacial score (nSPS) is 11.3. The van der Waals surface area contributed by atoms with Gasteiger partial charge in [0.1, 0.15) is 5.82 Å². The summed E-state index contributed by atoms with van der Waals surface area (Å²) in [6.07, 6.45) is 0. The Bertz CT molecular complexity index is 856. The highest BCUT2D eigenvalue weighted by Gasteiger charge is 2.15. The van der Waals surface area contributed by atoms with E-state index in [2.05, 4.69) is 5.32 Å². The van der Waals surface area contributed by atoms with Gasteiger partial charge in [0, 0.05) is 5.69 Å². The second-order valence-electron chi connectivity index (χ2n) is 4.27. The third-order valence-corrected chi connectivity index (χ3v) is 4.19. The molecule has 0 heterocycles. The summed E-state index contributed by atoms with van der Waals surface area (Å²) < 4.78 is 35.9. The minimum absolute atomic E-state index is 0.0356. The van der Waals surface area contributed by atoms with Crippen LogP contribution in [-0.2, 0) is 10.0 Å². The monoisotopic (exact) mass is 362 g/mol. The maximum absolute atomic E-state index is 13.4. The summed E-state index contributed by atoms with van der Waals surface area (Å²) >= 11 is 11.4. The summed E-state index contributed by atoms with van der Waals surface area (Å²) in [6, 6.07) is 7.30. The lowest BCUT2D eigenvalue weighted by molar-refractivity contribution is 0.102. The van der Waals surface area contributed by atoms with Gasteiger partial charge >= 0.3 is 0 Å². The molecule has 2 rings (SSSR count). The zero-order chi connectivity index (χ0) is 16.5. The molecule has 22 heavy (non-hydrogen) atoms. The Hall–Kier alpha value is -1.67. The van der Waals surface area contributed by atoms with Crippen LogP contribution < -0.4 is 10.5 Å². The zero-order valence-electron chi connectivity index (χ0n) is 10.8. The van der Waals surface area contributed by atoms with Crippen molar-refractivity contribution in [2.75, 3.05) is 5.32 Å². The number of hydrogen-bond acceptors (Lipinski definition) is 3. The number of carbonyl (C=O) groups excluding carboxylic acids is 1. The van der Waals surface area contributed by atoms with E-state index < -0.39 is 21.7 Å². The Balaban J connectivity index is 2.32. The second kappa shape index (κ2) is 6.21. The molecule has 3 N–H and O–H groups in total. The minimum atomic E-state index is -3.90. The van der Waals surface area contributed by atoms with Crippen molar-refractivity contribution in [2.24, 2.45) is 5.14 Å². The molecule has 5 nitrogen and oxygen atoms in total. The number of primary sulfonamides is 1. The molecule has 0 aromatic heterocycles. The molecule has 9 heteroatoms. The van der Waals surface area contributed by atoms with Crippen LogP contribution in [-0.4, -0.2) is 14.3 Å². The Morgan fingerprint density at radius 3 is 2.45 bits per heavy atom. The van der Waals surface area contributed by atoms with Crippen molar-refractivity contribution in [1.29, 1.82) is 0 Å². The van der Waals surface area contributed by atoms with Gasteiger partial charge in [0.05, 0.1) is 20.5 Å². The number of nitrogens with one attached hydrogen (secondary N) is 1. The van der Waals surface area contributed by atoms with Crippen LogP contribution in [0, 0.1) is 5.82 Å². The number of benzene rings is 2. The predicted octanol–water partition coefficient (Wildman–Crippen LogP) is 3.03. The summed E-state index contributed by atoms with van der Waals surface area (Å²) in [5.41, 5.74) is 0.0347. The molecule has 116 valence electrons. The van der Waals surface area contributed by atoms with Crippen LogP contribution >= 0.6 is 23.2 Å². The van der Waals surface area contributed by atoms with Gasteiger partial charge in [-0.15, -0.1) is 0 Å². The number of halogens is 3. The van der Waals surface area contributed by atoms with Gasteiger partial charge < -0.3 is 5.32 Å². The van der Waals surface area contributed by atoms with Crippen molar-refractivity contribution < 1.29 is 17.6 Å². The van der Waals surface area contributed by atoms with E-state index in [0.29, 0.717) is 0 Å². The largest absolute Gasteiger partial charge is 0.322 e. The minimum Gasteiger partial charge on any atom is -0.322 e. The molecule has 2 aromatic rings. The van der Waals surface area contributed by atoms with E-state index >= 15 is 0 Å². The van der Waals surface area contributed by atoms with Crippen LogP contribution in [0.25, 0.3) is 0 Å². The lowest BCUT2D eigenvalue weighted by atomic mass is 10.2. The van der Waals surface area contributed by atoms with Gasteiger partial charge in [-0.2, -0.15) is 0 Å². The Morgan fingerprint density at radius 1 is 1.14 bits per heavy atom. The fourth-order valence-electron chi connectivity index (χ4n) is 1.65. The molecule has 0 saturated carbocycles. The first-order valence-electron chi connectivity index (χ1n) is 5.77. The summed E-state index contributed by atoms with van der Waals surface area (Å²) in [4.78, 5) is 11.9. The number of anilines is 1.